The Balaban J connectivity index is 1.49. The van der Waals surface area contributed by atoms with E-state index in [-0.39, 0.29) is 40.0 Å². The summed E-state index contributed by atoms with van der Waals surface area (Å²) in [5, 5.41) is 26.3. The Labute approximate surface area is 293 Å². The van der Waals surface area contributed by atoms with Crippen LogP contribution in [-0.4, -0.2) is 62.5 Å². The van der Waals surface area contributed by atoms with Crippen molar-refractivity contribution in [3.05, 3.63) is 109 Å². The minimum Gasteiger partial charge on any atom is -0.544 e. The first-order chi connectivity index (χ1) is 23.1. The van der Waals surface area contributed by atoms with E-state index in [1.165, 1.54) is 26.6 Å². The van der Waals surface area contributed by atoms with Crippen molar-refractivity contribution in [2.24, 2.45) is 0 Å². The Morgan fingerprint density at radius 1 is 1.02 bits per heavy atom. The van der Waals surface area contributed by atoms with Crippen LogP contribution < -0.4 is 24.6 Å². The number of halogens is 2. The number of nitrogens with zero attached hydrogens (tertiary/aromatic N) is 2. The van der Waals surface area contributed by atoms with Crippen LogP contribution in [0.3, 0.4) is 0 Å². The molecular weight excluding hydrogens is 677 g/mol. The fraction of sp³-hybridized carbons (Fsp3) is 0.343. The standard InChI is InChI=1S/C35H37Cl2N3O7S/c1-39-13-11-23(12-14-39)47-35(43)32(21-7-5-4-6-8-21)38-18-24-16-26(33(48-24)34(41)42)25(17-27-28(36)19-40(44)20-29(27)37)22-9-10-30(45-2)31(15-22)46-3/h4-10,15-16,19-20,23,25,32,38H,11-14,17-18H2,1-3H3,(H-,41,42,44)/t25-,32?/m0/s1. The molecular formula is C35H37Cl2N3O7S. The topological polar surface area (TPSA) is 124 Å². The number of likely N-dealkylation sites (tertiary alicyclic amines) is 1. The van der Waals surface area contributed by atoms with Crippen molar-refractivity contribution in [3.63, 3.8) is 0 Å². The molecule has 3 heterocycles. The first-order valence-corrected chi connectivity index (χ1v) is 17.0. The molecule has 0 radical (unpaired) electrons. The minimum absolute atomic E-state index is 0.0251. The van der Waals surface area contributed by atoms with E-state index in [0.29, 0.717) is 33.1 Å². The Hall–Kier alpha value is -3.87. The number of piperidine rings is 1. The number of hydrogen-bond donors (Lipinski definition) is 2. The lowest BCUT2D eigenvalue weighted by atomic mass is 9.85. The number of carbonyl (C=O) groups is 2. The maximum absolute atomic E-state index is 13.5. The molecule has 2 aromatic heterocycles. The molecule has 0 bridgehead atoms. The third-order valence-electron chi connectivity index (χ3n) is 8.46. The monoisotopic (exact) mass is 713 g/mol. The van der Waals surface area contributed by atoms with Gasteiger partial charge in [0.05, 0.1) is 25.1 Å². The summed E-state index contributed by atoms with van der Waals surface area (Å²) in [5.74, 6) is -1.34. The summed E-state index contributed by atoms with van der Waals surface area (Å²) >= 11 is 14.1. The lowest BCUT2D eigenvalue weighted by Crippen LogP contribution is -2.38. The van der Waals surface area contributed by atoms with E-state index in [9.17, 15) is 19.9 Å². The van der Waals surface area contributed by atoms with Crippen molar-refractivity contribution in [1.82, 2.24) is 10.2 Å². The number of rotatable bonds is 13. The van der Waals surface area contributed by atoms with Gasteiger partial charge in [-0.3, -0.25) is 10.5 Å². The molecule has 2 N–H and O–H groups in total. The highest BCUT2D eigenvalue weighted by Gasteiger charge is 2.29. The van der Waals surface area contributed by atoms with Gasteiger partial charge >= 0.3 is 5.97 Å². The summed E-state index contributed by atoms with van der Waals surface area (Å²) in [6.07, 6.45) is 4.17. The number of carboxylic acids is 1. The molecule has 0 spiro atoms. The summed E-state index contributed by atoms with van der Waals surface area (Å²) in [5.41, 5.74) is 2.44. The van der Waals surface area contributed by atoms with Crippen molar-refractivity contribution in [1.29, 1.82) is 0 Å². The number of hydrogen-bond acceptors (Lipinski definition) is 10. The van der Waals surface area contributed by atoms with Gasteiger partial charge in [0, 0.05) is 40.7 Å². The normalized spacial score (nSPS) is 15.1. The van der Waals surface area contributed by atoms with Gasteiger partial charge in [-0.2, -0.15) is 0 Å². The van der Waals surface area contributed by atoms with Crippen LogP contribution in [0.25, 0.3) is 0 Å². The quantitative estimate of drug-likeness (QED) is 0.114. The van der Waals surface area contributed by atoms with Crippen molar-refractivity contribution >= 4 is 46.5 Å². The third-order valence-corrected chi connectivity index (χ3v) is 10.2. The smallest absolute Gasteiger partial charge is 0.328 e. The van der Waals surface area contributed by atoms with E-state index < -0.39 is 17.9 Å². The summed E-state index contributed by atoms with van der Waals surface area (Å²) in [6, 6.07) is 15.7. The first kappa shape index (κ1) is 35.4. The van der Waals surface area contributed by atoms with Gasteiger partial charge < -0.3 is 29.0 Å². The Morgan fingerprint density at radius 2 is 1.69 bits per heavy atom. The SMILES string of the molecule is COc1ccc([C@H](Cc2c(Cl)c[n+](O)cc2Cl)c2cc(CNC(C(=O)OC3CCN(C)CC3)c3ccccc3)sc2C(=O)[O-])cc1OC. The van der Waals surface area contributed by atoms with Gasteiger partial charge in [0.1, 0.15) is 22.2 Å². The van der Waals surface area contributed by atoms with Gasteiger partial charge in [-0.1, -0.05) is 59.6 Å². The maximum Gasteiger partial charge on any atom is 0.328 e. The molecule has 254 valence electrons. The van der Waals surface area contributed by atoms with Gasteiger partial charge in [-0.05, 0) is 61.2 Å². The van der Waals surface area contributed by atoms with E-state index in [1.807, 2.05) is 43.4 Å². The molecule has 0 aliphatic carbocycles. The molecule has 1 fully saturated rings. The zero-order valence-electron chi connectivity index (χ0n) is 26.8. The molecule has 2 atom stereocenters. The molecule has 5 rings (SSSR count). The highest BCUT2D eigenvalue weighted by molar-refractivity contribution is 7.14. The molecule has 48 heavy (non-hydrogen) atoms. The van der Waals surface area contributed by atoms with Crippen molar-refractivity contribution < 1.29 is 38.8 Å². The van der Waals surface area contributed by atoms with Gasteiger partial charge in [0.25, 0.3) is 0 Å². The number of carbonyl (C=O) groups excluding carboxylic acids is 2. The molecule has 13 heteroatoms. The minimum atomic E-state index is -1.34. The summed E-state index contributed by atoms with van der Waals surface area (Å²) in [7, 11) is 5.09. The van der Waals surface area contributed by atoms with Crippen LogP contribution in [0.2, 0.25) is 10.0 Å². The number of methoxy groups -OCH3 is 2. The zero-order valence-corrected chi connectivity index (χ0v) is 29.1. The zero-order chi connectivity index (χ0) is 34.4. The molecule has 1 aliphatic rings. The number of aromatic nitrogens is 1. The Kier molecular flexibility index (Phi) is 11.8. The second-order valence-electron chi connectivity index (χ2n) is 11.6. The average Bonchev–Trinajstić information content (AvgIpc) is 3.50. The van der Waals surface area contributed by atoms with E-state index in [1.54, 1.807) is 18.2 Å². The predicted molar refractivity (Wildman–Crippen MR) is 180 cm³/mol. The number of thiophene rings is 1. The average molecular weight is 715 g/mol. The van der Waals surface area contributed by atoms with Crippen molar-refractivity contribution in [2.75, 3.05) is 34.4 Å². The van der Waals surface area contributed by atoms with Gasteiger partial charge in [0.2, 0.25) is 12.4 Å². The van der Waals surface area contributed by atoms with E-state index in [0.717, 1.165) is 47.6 Å². The van der Waals surface area contributed by atoms with Gasteiger partial charge in [-0.15, -0.1) is 11.3 Å². The fourth-order valence-electron chi connectivity index (χ4n) is 5.90. The number of carboxylic acid groups (broad SMARTS) is 1. The predicted octanol–water partition coefficient (Wildman–Crippen LogP) is 4.80. The number of nitrogens with one attached hydrogen (secondary N) is 1. The summed E-state index contributed by atoms with van der Waals surface area (Å²) in [6.45, 7) is 1.89. The Morgan fingerprint density at radius 3 is 2.31 bits per heavy atom. The lowest BCUT2D eigenvalue weighted by Gasteiger charge is -2.30. The van der Waals surface area contributed by atoms with Crippen LogP contribution in [0.1, 0.15) is 61.6 Å². The second-order valence-corrected chi connectivity index (χ2v) is 13.6. The largest absolute Gasteiger partial charge is 0.544 e. The molecule has 4 aromatic rings. The highest BCUT2D eigenvalue weighted by Crippen LogP contribution is 2.41. The van der Waals surface area contributed by atoms with Gasteiger partial charge in [-0.25, -0.2) is 4.79 Å². The lowest BCUT2D eigenvalue weighted by molar-refractivity contribution is -0.904. The summed E-state index contributed by atoms with van der Waals surface area (Å²) in [4.78, 5) is 29.0. The number of pyridine rings is 1. The fourth-order valence-corrected chi connectivity index (χ4v) is 7.51. The molecule has 0 saturated carbocycles. The maximum atomic E-state index is 13.5. The number of esters is 1. The van der Waals surface area contributed by atoms with Gasteiger partial charge in [0.15, 0.2) is 11.5 Å². The van der Waals surface area contributed by atoms with Crippen LogP contribution >= 0.6 is 34.5 Å². The first-order valence-electron chi connectivity index (χ1n) is 15.4. The van der Waals surface area contributed by atoms with Crippen LogP contribution in [0.5, 0.6) is 11.5 Å². The molecule has 1 unspecified atom stereocenters. The van der Waals surface area contributed by atoms with Crippen LogP contribution in [0.4, 0.5) is 0 Å². The highest BCUT2D eigenvalue weighted by atomic mass is 35.5. The van der Waals surface area contributed by atoms with E-state index in [2.05, 4.69) is 10.2 Å². The number of aromatic carboxylic acids is 1. The molecule has 1 aliphatic heterocycles. The van der Waals surface area contributed by atoms with Crippen LogP contribution in [0.15, 0.2) is 67.0 Å². The molecule has 0 amide bonds. The molecule has 10 nitrogen and oxygen atoms in total. The second kappa shape index (κ2) is 16.0. The van der Waals surface area contributed by atoms with E-state index in [4.69, 9.17) is 37.4 Å². The number of benzene rings is 2. The van der Waals surface area contributed by atoms with Crippen LogP contribution in [-0.2, 0) is 22.5 Å². The molecule has 2 aromatic carbocycles. The molecule has 1 saturated heterocycles. The number of ether oxygens (including phenoxy) is 3. The van der Waals surface area contributed by atoms with E-state index >= 15 is 0 Å². The van der Waals surface area contributed by atoms with Crippen molar-refractivity contribution in [2.45, 2.75) is 43.9 Å². The van der Waals surface area contributed by atoms with Crippen molar-refractivity contribution in [3.8, 4) is 11.5 Å². The summed E-state index contributed by atoms with van der Waals surface area (Å²) < 4.78 is 17.7. The van der Waals surface area contributed by atoms with Crippen LogP contribution in [0, 0.1) is 0 Å². The third kappa shape index (κ3) is 8.40. The Bertz CT molecular complexity index is 1720.